The topological polar surface area (TPSA) is 9.86 Å². The van der Waals surface area contributed by atoms with Crippen LogP contribution in [0.2, 0.25) is 0 Å². The zero-order chi connectivity index (χ0) is 50.6. The third-order valence-corrected chi connectivity index (χ3v) is 16.8. The van der Waals surface area contributed by atoms with E-state index in [0.717, 1.165) is 11.4 Å². The maximum Gasteiger partial charge on any atom is 0.0713 e. The summed E-state index contributed by atoms with van der Waals surface area (Å²) in [7, 11) is 0. The summed E-state index contributed by atoms with van der Waals surface area (Å²) in [5.74, 6) is 0. The maximum atomic E-state index is 2.52. The normalized spacial score (nSPS) is 12.8. The Bertz CT molecular complexity index is 4580. The first-order valence-corrected chi connectivity index (χ1v) is 26.8. The van der Waals surface area contributed by atoms with Gasteiger partial charge in [0.25, 0.3) is 0 Å². The average molecular weight is 977 g/mol. The summed E-state index contributed by atoms with van der Waals surface area (Å²) in [4.78, 5) is 0. The second kappa shape index (κ2) is 17.0. The molecule has 0 N–H and O–H groups in total. The van der Waals surface area contributed by atoms with Crippen molar-refractivity contribution in [2.75, 3.05) is 0 Å². The molecule has 0 fully saturated rings. The van der Waals surface area contributed by atoms with Crippen molar-refractivity contribution in [3.63, 3.8) is 0 Å². The quantitative estimate of drug-likeness (QED) is 0.141. The molecule has 1 aliphatic carbocycles. The van der Waals surface area contributed by atoms with Gasteiger partial charge in [-0.05, 0) is 120 Å². The number of aromatic nitrogens is 2. The van der Waals surface area contributed by atoms with Gasteiger partial charge in [0.15, 0.2) is 0 Å². The number of fused-ring (bicyclic) bond motifs is 11. The second-order valence-corrected chi connectivity index (χ2v) is 20.6. The van der Waals surface area contributed by atoms with E-state index in [9.17, 15) is 0 Å². The average Bonchev–Trinajstić information content (AvgIpc) is 4.19. The number of hydrogen-bond donors (Lipinski definition) is 0. The van der Waals surface area contributed by atoms with E-state index in [4.69, 9.17) is 0 Å². The minimum absolute atomic E-state index is 0.553. The molecule has 2 heterocycles. The molecule has 1 aliphatic rings. The molecule has 15 aromatic rings. The molecule has 0 bridgehead atoms. The Labute approximate surface area is 446 Å². The Morgan fingerprint density at radius 3 is 1.10 bits per heavy atom. The molecule has 0 radical (unpaired) electrons. The summed E-state index contributed by atoms with van der Waals surface area (Å²) in [6.07, 6.45) is 0. The molecule has 2 heteroatoms. The van der Waals surface area contributed by atoms with Crippen LogP contribution in [0.25, 0.3) is 121 Å². The van der Waals surface area contributed by atoms with E-state index >= 15 is 0 Å². The van der Waals surface area contributed by atoms with Gasteiger partial charge in [0.1, 0.15) is 0 Å². The minimum Gasteiger partial charge on any atom is -0.309 e. The highest BCUT2D eigenvalue weighted by Gasteiger charge is 2.47. The third-order valence-electron chi connectivity index (χ3n) is 16.8. The zero-order valence-corrected chi connectivity index (χ0v) is 42.1. The summed E-state index contributed by atoms with van der Waals surface area (Å²) in [6.45, 7) is 0. The first kappa shape index (κ1) is 43.4. The molecule has 0 unspecified atom stereocenters. The Hall–Kier alpha value is -10.0. The third kappa shape index (κ3) is 6.18. The van der Waals surface area contributed by atoms with Crippen LogP contribution in [-0.2, 0) is 5.41 Å². The number of benzene rings is 13. The van der Waals surface area contributed by atoms with Gasteiger partial charge in [-0.2, -0.15) is 0 Å². The van der Waals surface area contributed by atoms with Gasteiger partial charge < -0.3 is 9.13 Å². The fourth-order valence-corrected chi connectivity index (χ4v) is 13.8. The van der Waals surface area contributed by atoms with Gasteiger partial charge in [0, 0.05) is 44.0 Å². The van der Waals surface area contributed by atoms with Crippen molar-refractivity contribution >= 4 is 65.2 Å². The van der Waals surface area contributed by atoms with Crippen LogP contribution >= 0.6 is 0 Å². The lowest BCUT2D eigenvalue weighted by Gasteiger charge is -2.34. The van der Waals surface area contributed by atoms with Gasteiger partial charge in [-0.1, -0.05) is 249 Å². The molecule has 0 amide bonds. The van der Waals surface area contributed by atoms with E-state index in [1.807, 2.05) is 0 Å². The minimum atomic E-state index is -0.553. The lowest BCUT2D eigenvalue weighted by atomic mass is 9.67. The van der Waals surface area contributed by atoms with E-state index in [1.54, 1.807) is 0 Å². The predicted molar refractivity (Wildman–Crippen MR) is 324 cm³/mol. The van der Waals surface area contributed by atoms with Crippen LogP contribution < -0.4 is 0 Å². The van der Waals surface area contributed by atoms with Crippen LogP contribution in [0, 0.1) is 0 Å². The Kier molecular flexibility index (Phi) is 9.58. The number of para-hydroxylation sites is 6. The van der Waals surface area contributed by atoms with E-state index < -0.39 is 5.41 Å². The van der Waals surface area contributed by atoms with Crippen molar-refractivity contribution in [3.05, 3.63) is 313 Å². The van der Waals surface area contributed by atoms with Crippen molar-refractivity contribution in [2.24, 2.45) is 0 Å². The Morgan fingerprint density at radius 2 is 0.584 bits per heavy atom. The molecule has 16 rings (SSSR count). The number of nitrogens with zero attached hydrogens (tertiary/aromatic N) is 2. The van der Waals surface area contributed by atoms with Gasteiger partial charge in [-0.3, -0.25) is 0 Å². The summed E-state index contributed by atoms with van der Waals surface area (Å²) in [5, 5.41) is 9.78. The molecule has 13 aromatic carbocycles. The number of rotatable bonds is 7. The van der Waals surface area contributed by atoms with Gasteiger partial charge in [0.2, 0.25) is 0 Å². The molecule has 0 saturated carbocycles. The summed E-state index contributed by atoms with van der Waals surface area (Å²) in [5.41, 5.74) is 21.4. The molecule has 77 heavy (non-hydrogen) atoms. The first-order chi connectivity index (χ1) is 38.3. The van der Waals surface area contributed by atoms with Crippen molar-refractivity contribution in [1.82, 2.24) is 9.13 Å². The van der Waals surface area contributed by atoms with Crippen molar-refractivity contribution in [3.8, 4) is 55.9 Å². The van der Waals surface area contributed by atoms with Crippen LogP contribution in [0.4, 0.5) is 0 Å². The van der Waals surface area contributed by atoms with Gasteiger partial charge in [0.05, 0.1) is 27.5 Å². The van der Waals surface area contributed by atoms with Crippen molar-refractivity contribution < 1.29 is 0 Å². The molecule has 0 aliphatic heterocycles. The smallest absolute Gasteiger partial charge is 0.0713 e. The first-order valence-electron chi connectivity index (χ1n) is 26.8. The number of hydrogen-bond acceptors (Lipinski definition) is 0. The molecular weight excluding hydrogens is 929 g/mol. The summed E-state index contributed by atoms with van der Waals surface area (Å²) in [6, 6.07) is 108. The highest BCUT2D eigenvalue weighted by molar-refractivity contribution is 6.24. The highest BCUT2D eigenvalue weighted by Crippen LogP contribution is 2.59. The van der Waals surface area contributed by atoms with Crippen LogP contribution in [-0.4, -0.2) is 9.13 Å². The summed E-state index contributed by atoms with van der Waals surface area (Å²) >= 11 is 0. The van der Waals surface area contributed by atoms with Crippen LogP contribution in [0.3, 0.4) is 0 Å². The maximum absolute atomic E-state index is 2.52. The lowest BCUT2D eigenvalue weighted by Crippen LogP contribution is -2.28. The summed E-state index contributed by atoms with van der Waals surface area (Å²) < 4.78 is 4.95. The largest absolute Gasteiger partial charge is 0.309 e. The SMILES string of the molecule is c1ccc(-n2c3ccccc3c3cccc(-c4cccc5c(-c6cccc7c6-c6ccccc6C7(c6ccccc6)c6ccccc6)c6cccc(-c7cccc8c9ccccc9n(-c9ccccc9)c78)c6cc45)c32)cc1. The molecule has 2 aromatic heterocycles. The lowest BCUT2D eigenvalue weighted by molar-refractivity contribution is 0.768. The Morgan fingerprint density at radius 1 is 0.221 bits per heavy atom. The second-order valence-electron chi connectivity index (χ2n) is 20.6. The Balaban J connectivity index is 1.07. The van der Waals surface area contributed by atoms with Crippen LogP contribution in [0.1, 0.15) is 22.3 Å². The van der Waals surface area contributed by atoms with E-state index in [0.29, 0.717) is 0 Å². The fraction of sp³-hybridized carbons (Fsp3) is 0.0133. The van der Waals surface area contributed by atoms with Crippen LogP contribution in [0.5, 0.6) is 0 Å². The van der Waals surface area contributed by atoms with E-state index in [-0.39, 0.29) is 0 Å². The monoisotopic (exact) mass is 976 g/mol. The molecule has 0 saturated heterocycles. The van der Waals surface area contributed by atoms with Gasteiger partial charge >= 0.3 is 0 Å². The van der Waals surface area contributed by atoms with Crippen molar-refractivity contribution in [2.45, 2.75) is 5.41 Å². The fourth-order valence-electron chi connectivity index (χ4n) is 13.8. The van der Waals surface area contributed by atoms with Crippen LogP contribution in [0.15, 0.2) is 291 Å². The van der Waals surface area contributed by atoms with E-state index in [1.165, 1.54) is 132 Å². The van der Waals surface area contributed by atoms with Gasteiger partial charge in [-0.25, -0.2) is 0 Å². The zero-order valence-electron chi connectivity index (χ0n) is 42.1. The van der Waals surface area contributed by atoms with E-state index in [2.05, 4.69) is 300 Å². The molecule has 0 spiro atoms. The highest BCUT2D eigenvalue weighted by atomic mass is 15.0. The predicted octanol–water partition coefficient (Wildman–Crippen LogP) is 19.6. The van der Waals surface area contributed by atoms with Gasteiger partial charge in [-0.15, -0.1) is 0 Å². The molecular formula is C75H48N2. The molecule has 0 atom stereocenters. The molecule has 358 valence electrons. The van der Waals surface area contributed by atoms with Crippen molar-refractivity contribution in [1.29, 1.82) is 0 Å². The standard InChI is InChI=1S/C75H48N2/c1-5-24-49(25-6-1)75(50-26-7-2-8-27-50)67-44-16-13-34-63(67)72-64(43-23-45-68(72)75)71-57-37-19-35-53(59-39-21-41-61-55-32-14-17-46-69(55)76(73(59)61)51-28-9-3-10-29-51)65(57)48-66-54(36-20-38-58(66)71)60-40-22-42-62-56-33-15-18-47-70(56)77(74(60)62)52-30-11-4-12-31-52/h1-48H. The molecule has 2 nitrogen and oxygen atoms in total.